The molecule has 4 aromatic rings. The maximum absolute atomic E-state index is 11.2. The number of methoxy groups -OCH3 is 1. The van der Waals surface area contributed by atoms with E-state index >= 15 is 0 Å². The van der Waals surface area contributed by atoms with E-state index in [0.717, 1.165) is 27.8 Å². The number of carboxylic acids is 1. The van der Waals surface area contributed by atoms with E-state index in [2.05, 4.69) is 35.3 Å². The molecular formula is C29H30N2O4. The Morgan fingerprint density at radius 2 is 1.71 bits per heavy atom. The van der Waals surface area contributed by atoms with E-state index in [1.807, 2.05) is 55.5 Å². The number of ether oxygens (including phenoxy) is 1. The Labute approximate surface area is 205 Å². The molecule has 0 amide bonds. The van der Waals surface area contributed by atoms with E-state index in [1.54, 1.807) is 14.0 Å². The van der Waals surface area contributed by atoms with Crippen molar-refractivity contribution in [3.05, 3.63) is 83.4 Å². The number of carbonyl (C=O) groups is 1. The van der Waals surface area contributed by atoms with Gasteiger partial charge in [-0.15, -0.1) is 0 Å². The fourth-order valence-electron chi connectivity index (χ4n) is 4.33. The van der Waals surface area contributed by atoms with Crippen LogP contribution >= 0.6 is 0 Å². The lowest BCUT2D eigenvalue weighted by Crippen LogP contribution is -2.12. The molecule has 35 heavy (non-hydrogen) atoms. The van der Waals surface area contributed by atoms with Crippen LogP contribution in [0.5, 0.6) is 0 Å². The van der Waals surface area contributed by atoms with Crippen LogP contribution in [0.15, 0.2) is 71.3 Å². The number of carboxylic acid groups (broad SMARTS) is 1. The predicted molar refractivity (Wildman–Crippen MR) is 136 cm³/mol. The zero-order valence-corrected chi connectivity index (χ0v) is 20.5. The molecule has 0 bridgehead atoms. The Bertz CT molecular complexity index is 1310. The minimum Gasteiger partial charge on any atom is -0.481 e. The summed E-state index contributed by atoms with van der Waals surface area (Å²) in [4.78, 5) is 15.8. The van der Waals surface area contributed by atoms with Gasteiger partial charge in [-0.2, -0.15) is 4.98 Å². The van der Waals surface area contributed by atoms with E-state index in [4.69, 9.17) is 14.4 Å². The highest BCUT2D eigenvalue weighted by Gasteiger charge is 2.18. The zero-order valence-electron chi connectivity index (χ0n) is 20.5. The first-order valence-corrected chi connectivity index (χ1v) is 11.7. The van der Waals surface area contributed by atoms with Gasteiger partial charge in [-0.05, 0) is 59.2 Å². The van der Waals surface area contributed by atoms with Crippen molar-refractivity contribution in [1.29, 1.82) is 0 Å². The van der Waals surface area contributed by atoms with Crippen LogP contribution in [0.4, 0.5) is 0 Å². The molecule has 0 saturated heterocycles. The quantitative estimate of drug-likeness (QED) is 0.292. The summed E-state index contributed by atoms with van der Waals surface area (Å²) in [7, 11) is 1.69. The summed E-state index contributed by atoms with van der Waals surface area (Å²) < 4.78 is 11.1. The topological polar surface area (TPSA) is 85.5 Å². The minimum atomic E-state index is -0.770. The van der Waals surface area contributed by atoms with Crippen LogP contribution in [0.2, 0.25) is 0 Å². The van der Waals surface area contributed by atoms with Crippen molar-refractivity contribution < 1.29 is 19.2 Å². The first-order valence-electron chi connectivity index (χ1n) is 11.7. The van der Waals surface area contributed by atoms with Crippen molar-refractivity contribution in [2.75, 3.05) is 7.11 Å². The number of aliphatic carboxylic acids is 1. The first kappa shape index (κ1) is 24.4. The van der Waals surface area contributed by atoms with Gasteiger partial charge in [0.05, 0.1) is 12.5 Å². The smallest absolute Gasteiger partial charge is 0.306 e. The molecule has 0 aliphatic rings. The Hall–Kier alpha value is -3.77. The largest absolute Gasteiger partial charge is 0.481 e. The third kappa shape index (κ3) is 5.49. The van der Waals surface area contributed by atoms with Crippen molar-refractivity contribution >= 4 is 5.97 Å². The number of hydrogen-bond acceptors (Lipinski definition) is 5. The molecule has 4 rings (SSSR count). The highest BCUT2D eigenvalue weighted by Crippen LogP contribution is 2.32. The Morgan fingerprint density at radius 1 is 1.00 bits per heavy atom. The van der Waals surface area contributed by atoms with Gasteiger partial charge in [0.2, 0.25) is 5.82 Å². The number of aromatic nitrogens is 2. The molecule has 2 atom stereocenters. The fraction of sp³-hybridized carbons (Fsp3) is 0.276. The van der Waals surface area contributed by atoms with Gasteiger partial charge in [0.1, 0.15) is 0 Å². The number of nitrogens with zero attached hydrogens (tertiary/aromatic N) is 2. The molecule has 180 valence electrons. The summed E-state index contributed by atoms with van der Waals surface area (Å²) in [6, 6.07) is 22.3. The molecular weight excluding hydrogens is 440 g/mol. The van der Waals surface area contributed by atoms with Crippen molar-refractivity contribution in [2.45, 2.75) is 39.7 Å². The number of hydrogen-bond donors (Lipinski definition) is 1. The standard InChI is InChI=1S/C29H30N2O4/c1-18-7-5-6-8-25(18)26-14-13-23(16-24(26)17-34-4)28-30-27(31-35-28)22-11-9-21(10-12-22)19(2)15-20(3)29(32)33/h5-14,16,19-20H,15,17H2,1-4H3,(H,32,33)/t19-,20+/m1/s1. The summed E-state index contributed by atoms with van der Waals surface area (Å²) in [5.41, 5.74) is 7.30. The molecule has 6 nitrogen and oxygen atoms in total. The number of benzene rings is 3. The predicted octanol–water partition coefficient (Wildman–Crippen LogP) is 6.74. The molecule has 3 aromatic carbocycles. The molecule has 0 fully saturated rings. The van der Waals surface area contributed by atoms with Gasteiger partial charge in [-0.3, -0.25) is 4.79 Å². The Kier molecular flexibility index (Phi) is 7.42. The van der Waals surface area contributed by atoms with Crippen molar-refractivity contribution in [2.24, 2.45) is 5.92 Å². The maximum atomic E-state index is 11.2. The van der Waals surface area contributed by atoms with Gasteiger partial charge < -0.3 is 14.4 Å². The lowest BCUT2D eigenvalue weighted by molar-refractivity contribution is -0.141. The van der Waals surface area contributed by atoms with Gasteiger partial charge in [0.25, 0.3) is 5.89 Å². The molecule has 0 unspecified atom stereocenters. The average Bonchev–Trinajstić information content (AvgIpc) is 3.35. The van der Waals surface area contributed by atoms with Gasteiger partial charge in [0, 0.05) is 18.2 Å². The Morgan fingerprint density at radius 3 is 2.40 bits per heavy atom. The fourth-order valence-corrected chi connectivity index (χ4v) is 4.33. The molecule has 0 spiro atoms. The maximum Gasteiger partial charge on any atom is 0.306 e. The third-order valence-electron chi connectivity index (χ3n) is 6.38. The van der Waals surface area contributed by atoms with E-state index < -0.39 is 5.97 Å². The van der Waals surface area contributed by atoms with Crippen LogP contribution in [-0.4, -0.2) is 28.3 Å². The molecule has 1 N–H and O–H groups in total. The average molecular weight is 471 g/mol. The molecule has 1 aromatic heterocycles. The van der Waals surface area contributed by atoms with Crippen LogP contribution in [0.3, 0.4) is 0 Å². The van der Waals surface area contributed by atoms with Gasteiger partial charge in [-0.1, -0.05) is 73.6 Å². The van der Waals surface area contributed by atoms with Crippen molar-refractivity contribution in [1.82, 2.24) is 10.1 Å². The van der Waals surface area contributed by atoms with E-state index in [-0.39, 0.29) is 11.8 Å². The summed E-state index contributed by atoms with van der Waals surface area (Å²) >= 11 is 0. The molecule has 0 radical (unpaired) electrons. The molecule has 6 heteroatoms. The summed E-state index contributed by atoms with van der Waals surface area (Å²) in [6.07, 6.45) is 0.587. The van der Waals surface area contributed by atoms with Crippen molar-refractivity contribution in [3.8, 4) is 34.0 Å². The SMILES string of the molecule is COCc1cc(-c2nc(-c3ccc([C@H](C)C[C@H](C)C(=O)O)cc3)no2)ccc1-c1ccccc1C. The van der Waals surface area contributed by atoms with Crippen LogP contribution in [-0.2, 0) is 16.1 Å². The van der Waals surface area contributed by atoms with Crippen LogP contribution in [0.25, 0.3) is 34.0 Å². The van der Waals surface area contributed by atoms with Crippen LogP contribution < -0.4 is 0 Å². The van der Waals surface area contributed by atoms with Crippen molar-refractivity contribution in [3.63, 3.8) is 0 Å². The molecule has 0 aliphatic carbocycles. The van der Waals surface area contributed by atoms with Crippen LogP contribution in [0.1, 0.15) is 42.9 Å². The molecule has 1 heterocycles. The second-order valence-electron chi connectivity index (χ2n) is 9.04. The van der Waals surface area contributed by atoms with Gasteiger partial charge in [-0.25, -0.2) is 0 Å². The summed E-state index contributed by atoms with van der Waals surface area (Å²) in [5.74, 6) is -0.0595. The lowest BCUT2D eigenvalue weighted by Gasteiger charge is -2.14. The van der Waals surface area contributed by atoms with E-state index in [9.17, 15) is 4.79 Å². The zero-order chi connectivity index (χ0) is 24.9. The molecule has 0 saturated carbocycles. The first-order chi connectivity index (χ1) is 16.9. The second kappa shape index (κ2) is 10.7. The second-order valence-corrected chi connectivity index (χ2v) is 9.04. The van der Waals surface area contributed by atoms with Crippen LogP contribution in [0, 0.1) is 12.8 Å². The van der Waals surface area contributed by atoms with Gasteiger partial charge >= 0.3 is 5.97 Å². The Balaban J connectivity index is 1.57. The highest BCUT2D eigenvalue weighted by molar-refractivity contribution is 5.74. The lowest BCUT2D eigenvalue weighted by atomic mass is 9.91. The molecule has 0 aliphatic heterocycles. The summed E-state index contributed by atoms with van der Waals surface area (Å²) in [5, 5.41) is 13.3. The highest BCUT2D eigenvalue weighted by atomic mass is 16.5. The van der Waals surface area contributed by atoms with E-state index in [1.165, 1.54) is 11.1 Å². The number of rotatable bonds is 9. The monoisotopic (exact) mass is 470 g/mol. The summed E-state index contributed by atoms with van der Waals surface area (Å²) in [6.45, 7) is 6.35. The third-order valence-corrected chi connectivity index (χ3v) is 6.38. The normalized spacial score (nSPS) is 12.9. The van der Waals surface area contributed by atoms with Gasteiger partial charge in [0.15, 0.2) is 0 Å². The number of aryl methyl sites for hydroxylation is 1. The van der Waals surface area contributed by atoms with E-state index in [0.29, 0.717) is 24.7 Å². The minimum absolute atomic E-state index is 0.141.